The summed E-state index contributed by atoms with van der Waals surface area (Å²) >= 11 is 0. The summed E-state index contributed by atoms with van der Waals surface area (Å²) in [5, 5.41) is 29.7. The van der Waals surface area contributed by atoms with E-state index in [-0.39, 0.29) is 36.5 Å². The summed E-state index contributed by atoms with van der Waals surface area (Å²) in [6, 6.07) is 7.98. The molecule has 37 heavy (non-hydrogen) atoms. The molecule has 2 bridgehead atoms. The third-order valence-corrected chi connectivity index (χ3v) is 8.04. The number of nitrogens with zero attached hydrogens (tertiary/aromatic N) is 3. The zero-order chi connectivity index (χ0) is 26.0. The van der Waals surface area contributed by atoms with Crippen molar-refractivity contribution in [1.82, 2.24) is 30.9 Å². The molecule has 10 heteroatoms. The molecule has 0 aromatic heterocycles. The molecule has 204 valence electrons. The van der Waals surface area contributed by atoms with Crippen LogP contribution in [-0.4, -0.2) is 96.5 Å². The second-order valence-electron chi connectivity index (χ2n) is 11.2. The lowest BCUT2D eigenvalue weighted by Gasteiger charge is -2.47. The van der Waals surface area contributed by atoms with Crippen molar-refractivity contribution in [2.45, 2.75) is 69.3 Å². The van der Waals surface area contributed by atoms with Gasteiger partial charge in [0.2, 0.25) is 5.91 Å². The highest BCUT2D eigenvalue weighted by atomic mass is 16.5. The van der Waals surface area contributed by atoms with Crippen molar-refractivity contribution in [2.24, 2.45) is 5.92 Å². The van der Waals surface area contributed by atoms with Gasteiger partial charge in [-0.25, -0.2) is 0 Å². The SMILES string of the molecule is CN(C)CCOc1cccc(NC2NCC3C(=O)N4C/C=C\CC[C@@](C)(O)C5CCCC(N5)N4C3N2)c1. The number of ether oxygens (including phenoxy) is 1. The van der Waals surface area contributed by atoms with Gasteiger partial charge in [0.25, 0.3) is 0 Å². The Kier molecular flexibility index (Phi) is 8.04. The minimum Gasteiger partial charge on any atom is -0.492 e. The average Bonchev–Trinajstić information content (AvgIpc) is 3.13. The van der Waals surface area contributed by atoms with Crippen molar-refractivity contribution in [3.8, 4) is 5.75 Å². The number of rotatable bonds is 6. The fourth-order valence-corrected chi connectivity index (χ4v) is 5.92. The number of aliphatic hydroxyl groups is 1. The van der Waals surface area contributed by atoms with Gasteiger partial charge in [0.15, 0.2) is 0 Å². The van der Waals surface area contributed by atoms with Crippen LogP contribution in [0.3, 0.4) is 0 Å². The monoisotopic (exact) mass is 513 g/mol. The molecule has 1 amide bonds. The van der Waals surface area contributed by atoms with E-state index in [1.165, 1.54) is 0 Å². The summed E-state index contributed by atoms with van der Waals surface area (Å²) < 4.78 is 5.90. The number of hydrazine groups is 1. The molecule has 0 aliphatic carbocycles. The van der Waals surface area contributed by atoms with Crippen LogP contribution in [0.2, 0.25) is 0 Å². The molecular formula is C27H43N7O3. The molecule has 6 atom stereocenters. The van der Waals surface area contributed by atoms with Crippen LogP contribution in [-0.2, 0) is 4.79 Å². The summed E-state index contributed by atoms with van der Waals surface area (Å²) in [5.74, 6) is 0.781. The number of likely N-dealkylation sites (N-methyl/N-ethyl adjacent to an activating group) is 1. The first-order valence-corrected chi connectivity index (χ1v) is 13.7. The van der Waals surface area contributed by atoms with Gasteiger partial charge < -0.3 is 20.1 Å². The molecular weight excluding hydrogens is 470 g/mol. The van der Waals surface area contributed by atoms with E-state index in [1.54, 1.807) is 0 Å². The molecule has 0 saturated carbocycles. The van der Waals surface area contributed by atoms with Crippen LogP contribution in [0.4, 0.5) is 5.69 Å². The van der Waals surface area contributed by atoms with Gasteiger partial charge in [0.1, 0.15) is 18.6 Å². The topological polar surface area (TPSA) is 104 Å². The molecule has 3 fully saturated rings. The smallest absolute Gasteiger partial charge is 0.244 e. The number of benzene rings is 1. The first-order chi connectivity index (χ1) is 17.8. The number of hydrogen-bond donors (Lipinski definition) is 5. The molecule has 5 unspecified atom stereocenters. The maximum absolute atomic E-state index is 13.5. The quantitative estimate of drug-likeness (QED) is 0.358. The zero-order valence-electron chi connectivity index (χ0n) is 22.3. The number of allylic oxidation sites excluding steroid dienone is 1. The highest BCUT2D eigenvalue weighted by molar-refractivity contribution is 5.82. The molecule has 5 rings (SSSR count). The Morgan fingerprint density at radius 3 is 2.95 bits per heavy atom. The van der Waals surface area contributed by atoms with E-state index < -0.39 is 5.60 Å². The van der Waals surface area contributed by atoms with Gasteiger partial charge >= 0.3 is 0 Å². The number of anilines is 1. The molecule has 0 spiro atoms. The third kappa shape index (κ3) is 5.94. The summed E-state index contributed by atoms with van der Waals surface area (Å²) in [5.41, 5.74) is 0.159. The predicted octanol–water partition coefficient (Wildman–Crippen LogP) is 1.09. The van der Waals surface area contributed by atoms with E-state index in [0.29, 0.717) is 26.1 Å². The van der Waals surface area contributed by atoms with Crippen molar-refractivity contribution in [1.29, 1.82) is 0 Å². The molecule has 1 aromatic rings. The number of piperidine rings is 1. The highest BCUT2D eigenvalue weighted by Gasteiger charge is 2.52. The summed E-state index contributed by atoms with van der Waals surface area (Å²) in [4.78, 5) is 15.6. The van der Waals surface area contributed by atoms with Gasteiger partial charge in [-0.2, -0.15) is 5.01 Å². The lowest BCUT2D eigenvalue weighted by molar-refractivity contribution is -0.146. The van der Waals surface area contributed by atoms with Crippen LogP contribution in [0.25, 0.3) is 0 Å². The second kappa shape index (κ2) is 11.3. The molecule has 3 saturated heterocycles. The molecule has 1 aromatic carbocycles. The summed E-state index contributed by atoms with van der Waals surface area (Å²) in [6.45, 7) is 4.55. The fraction of sp³-hybridized carbons (Fsp3) is 0.667. The largest absolute Gasteiger partial charge is 0.492 e. The van der Waals surface area contributed by atoms with Gasteiger partial charge in [-0.05, 0) is 65.3 Å². The third-order valence-electron chi connectivity index (χ3n) is 8.04. The van der Waals surface area contributed by atoms with Crippen LogP contribution >= 0.6 is 0 Å². The Hall–Kier alpha value is -2.21. The Bertz CT molecular complexity index is 971. The minimum absolute atomic E-state index is 0.000347. The van der Waals surface area contributed by atoms with Crippen LogP contribution < -0.4 is 26.0 Å². The fourth-order valence-electron chi connectivity index (χ4n) is 5.92. The van der Waals surface area contributed by atoms with Crippen LogP contribution in [0.15, 0.2) is 36.4 Å². The van der Waals surface area contributed by atoms with Crippen molar-refractivity contribution in [3.05, 3.63) is 36.4 Å². The number of carbonyl (C=O) groups excluding carboxylic acids is 1. The number of amides is 1. The van der Waals surface area contributed by atoms with Gasteiger partial charge in [0.05, 0.1) is 30.4 Å². The maximum atomic E-state index is 13.5. The Balaban J connectivity index is 1.31. The number of fused-ring (bicyclic) bond motifs is 6. The van der Waals surface area contributed by atoms with E-state index in [4.69, 9.17) is 4.74 Å². The first kappa shape index (κ1) is 26.4. The van der Waals surface area contributed by atoms with Gasteiger partial charge in [-0.3, -0.25) is 25.8 Å². The molecule has 0 radical (unpaired) electrons. The second-order valence-corrected chi connectivity index (χ2v) is 11.2. The lowest BCUT2D eigenvalue weighted by Crippen LogP contribution is -2.69. The number of nitrogens with one attached hydrogen (secondary N) is 4. The Labute approximate surface area is 220 Å². The maximum Gasteiger partial charge on any atom is 0.244 e. The van der Waals surface area contributed by atoms with Gasteiger partial charge in [-0.1, -0.05) is 18.2 Å². The Morgan fingerprint density at radius 1 is 1.24 bits per heavy atom. The van der Waals surface area contributed by atoms with Gasteiger partial charge in [0, 0.05) is 30.9 Å². The zero-order valence-corrected chi connectivity index (χ0v) is 22.3. The van der Waals surface area contributed by atoms with E-state index in [1.807, 2.05) is 50.3 Å². The lowest BCUT2D eigenvalue weighted by atomic mass is 9.85. The summed E-state index contributed by atoms with van der Waals surface area (Å²) in [7, 11) is 4.06. The van der Waals surface area contributed by atoms with Crippen molar-refractivity contribution >= 4 is 11.6 Å². The number of carbonyl (C=O) groups is 1. The van der Waals surface area contributed by atoms with Crippen molar-refractivity contribution < 1.29 is 14.6 Å². The van der Waals surface area contributed by atoms with Crippen molar-refractivity contribution in [3.63, 3.8) is 0 Å². The minimum atomic E-state index is -0.785. The van der Waals surface area contributed by atoms with E-state index in [9.17, 15) is 9.90 Å². The highest BCUT2D eigenvalue weighted by Crippen LogP contribution is 2.34. The normalized spacial score (nSPS) is 35.4. The van der Waals surface area contributed by atoms with Crippen LogP contribution in [0.1, 0.15) is 39.0 Å². The predicted molar refractivity (Wildman–Crippen MR) is 143 cm³/mol. The van der Waals surface area contributed by atoms with Gasteiger partial charge in [-0.15, -0.1) is 0 Å². The molecule has 4 heterocycles. The molecule has 4 aliphatic rings. The Morgan fingerprint density at radius 2 is 2.11 bits per heavy atom. The summed E-state index contributed by atoms with van der Waals surface area (Å²) in [6.07, 6.45) is 8.19. The van der Waals surface area contributed by atoms with E-state index in [0.717, 1.165) is 43.7 Å². The average molecular weight is 514 g/mol. The van der Waals surface area contributed by atoms with E-state index in [2.05, 4.69) is 43.3 Å². The molecule has 4 aliphatic heterocycles. The molecule has 10 nitrogen and oxygen atoms in total. The van der Waals surface area contributed by atoms with E-state index >= 15 is 0 Å². The van der Waals surface area contributed by atoms with Crippen LogP contribution in [0, 0.1) is 5.92 Å². The number of hydrogen-bond acceptors (Lipinski definition) is 9. The first-order valence-electron chi connectivity index (χ1n) is 13.7. The van der Waals surface area contributed by atoms with Crippen LogP contribution in [0.5, 0.6) is 5.75 Å². The van der Waals surface area contributed by atoms with Crippen molar-refractivity contribution in [2.75, 3.05) is 45.7 Å². The standard InChI is InChI=1S/C27H43N7O3/c1-27(36)13-5-4-6-14-33-25(35)21-18-28-26(31-24(21)34(33)23-12-8-11-22(27)30-23)29-19-9-7-10-20(17-19)37-16-15-32(2)3/h4,6-7,9-10,17,21-24,26,28-31,36H,5,8,11-16,18H2,1-3H3/b6-4-/t21?,22?,23?,24?,26?,27-/m1/s1. The molecule has 5 N–H and O–H groups in total.